The molecule has 0 amide bonds. The lowest BCUT2D eigenvalue weighted by atomic mass is 10.0. The van der Waals surface area contributed by atoms with Gasteiger partial charge in [0.25, 0.3) is 0 Å². The molecule has 15 aromatic rings. The highest BCUT2D eigenvalue weighted by molar-refractivity contribution is 6.16. The number of hydrogen-bond acceptors (Lipinski definition) is 5. The predicted molar refractivity (Wildman–Crippen MR) is 285 cm³/mol. The molecule has 0 radical (unpaired) electrons. The smallest absolute Gasteiger partial charge is 0.167 e. The molecule has 10 aromatic carbocycles. The normalized spacial score (nSPS) is 12.0. The zero-order valence-electron chi connectivity index (χ0n) is 37.4. The summed E-state index contributed by atoms with van der Waals surface area (Å²) in [6.07, 6.45) is 0. The molecular weight excluding hydrogens is 859 g/mol. The maximum absolute atomic E-state index is 7.11. The van der Waals surface area contributed by atoms with E-state index in [1.807, 2.05) is 78.9 Å². The third-order valence-electron chi connectivity index (χ3n) is 14.0. The van der Waals surface area contributed by atoms with Crippen LogP contribution in [0.25, 0.3) is 144 Å². The Morgan fingerprint density at radius 2 is 0.786 bits per heavy atom. The first-order valence-electron chi connectivity index (χ1n) is 23.5. The third-order valence-corrected chi connectivity index (χ3v) is 14.0. The van der Waals surface area contributed by atoms with E-state index in [0.29, 0.717) is 17.5 Å². The fraction of sp³-hybridized carbons (Fsp3) is 0. The van der Waals surface area contributed by atoms with Crippen molar-refractivity contribution in [1.29, 1.82) is 0 Å². The molecule has 0 saturated heterocycles. The van der Waals surface area contributed by atoms with Gasteiger partial charge in [-0.3, -0.25) is 0 Å². The Labute approximate surface area is 399 Å². The minimum Gasteiger partial charge on any atom is -0.455 e. The summed E-state index contributed by atoms with van der Waals surface area (Å²) in [6.45, 7) is 0. The fourth-order valence-electron chi connectivity index (χ4n) is 10.8. The molecule has 5 aromatic heterocycles. The van der Waals surface area contributed by atoms with Crippen LogP contribution in [0.1, 0.15) is 0 Å². The molecule has 0 saturated carbocycles. The summed E-state index contributed by atoms with van der Waals surface area (Å²) < 4.78 is 18.4. The molecule has 0 unspecified atom stereocenters. The minimum atomic E-state index is 0.549. The molecule has 326 valence electrons. The van der Waals surface area contributed by atoms with Crippen LogP contribution in [-0.4, -0.2) is 24.1 Å². The number of para-hydroxylation sites is 6. The summed E-state index contributed by atoms with van der Waals surface area (Å²) in [7, 11) is 0. The van der Waals surface area contributed by atoms with Crippen LogP contribution in [0.5, 0.6) is 0 Å². The number of hydrogen-bond donors (Lipinski definition) is 0. The summed E-state index contributed by atoms with van der Waals surface area (Å²) in [6, 6.07) is 78.5. The lowest BCUT2D eigenvalue weighted by Crippen LogP contribution is -2.00. The van der Waals surface area contributed by atoms with Crippen molar-refractivity contribution in [2.24, 2.45) is 0 Å². The Balaban J connectivity index is 0.897. The quantitative estimate of drug-likeness (QED) is 0.166. The van der Waals surface area contributed by atoms with Crippen molar-refractivity contribution in [2.45, 2.75) is 0 Å². The first-order chi connectivity index (χ1) is 34.7. The van der Waals surface area contributed by atoms with Gasteiger partial charge in [-0.2, -0.15) is 0 Å². The molecule has 0 bridgehead atoms. The summed E-state index contributed by atoms with van der Waals surface area (Å²) in [5.41, 5.74) is 14.6. The van der Waals surface area contributed by atoms with E-state index in [0.717, 1.165) is 116 Å². The van der Waals surface area contributed by atoms with Crippen molar-refractivity contribution in [3.63, 3.8) is 0 Å². The maximum Gasteiger partial charge on any atom is 0.167 e. The van der Waals surface area contributed by atoms with Gasteiger partial charge >= 0.3 is 0 Å². The fourth-order valence-corrected chi connectivity index (χ4v) is 10.8. The van der Waals surface area contributed by atoms with Gasteiger partial charge in [0.15, 0.2) is 23.1 Å². The lowest BCUT2D eigenvalue weighted by molar-refractivity contribution is 0.667. The molecule has 0 N–H and O–H groups in total. The summed E-state index contributed by atoms with van der Waals surface area (Å²) in [5.74, 6) is 1.75. The van der Waals surface area contributed by atoms with E-state index in [1.165, 1.54) is 10.8 Å². The Morgan fingerprint density at radius 1 is 0.286 bits per heavy atom. The van der Waals surface area contributed by atoms with Crippen LogP contribution < -0.4 is 0 Å². The van der Waals surface area contributed by atoms with Crippen molar-refractivity contribution in [2.75, 3.05) is 0 Å². The lowest BCUT2D eigenvalue weighted by Gasteiger charge is -2.11. The standard InChI is InChI=1S/C63H37N5O2/c1-3-16-38(17-4-1)61-64-62(39-18-5-2-6-19-39)66-63(65-61)49-27-14-25-47-48-26-15-30-56(60(48)70-59(47)49)68-53-29-11-8-21-44(53)51-37-41(33-35-55(51)68)67-52-28-10-7-20-43(52)50-36-40(32-34-54(50)67)42-23-13-24-46-45-22-9-12-31-57(45)69-58(42)46/h1-37H. The van der Waals surface area contributed by atoms with Gasteiger partial charge in [0.05, 0.1) is 33.3 Å². The van der Waals surface area contributed by atoms with Gasteiger partial charge in [-0.25, -0.2) is 15.0 Å². The van der Waals surface area contributed by atoms with Crippen LogP contribution in [0.15, 0.2) is 233 Å². The van der Waals surface area contributed by atoms with Gasteiger partial charge in [-0.15, -0.1) is 0 Å². The van der Waals surface area contributed by atoms with E-state index in [4.69, 9.17) is 23.8 Å². The van der Waals surface area contributed by atoms with Gasteiger partial charge in [0, 0.05) is 65.5 Å². The highest BCUT2D eigenvalue weighted by Gasteiger charge is 2.23. The first-order valence-corrected chi connectivity index (χ1v) is 23.5. The summed E-state index contributed by atoms with van der Waals surface area (Å²) in [5, 5.41) is 8.94. The predicted octanol–water partition coefficient (Wildman–Crippen LogP) is 16.5. The topological polar surface area (TPSA) is 74.8 Å². The van der Waals surface area contributed by atoms with Crippen molar-refractivity contribution < 1.29 is 8.83 Å². The van der Waals surface area contributed by atoms with E-state index < -0.39 is 0 Å². The highest BCUT2D eigenvalue weighted by atomic mass is 16.3. The Morgan fingerprint density at radius 3 is 1.51 bits per heavy atom. The third kappa shape index (κ3) is 5.72. The van der Waals surface area contributed by atoms with Crippen LogP contribution in [0.2, 0.25) is 0 Å². The van der Waals surface area contributed by atoms with Crippen LogP contribution >= 0.6 is 0 Å². The molecule has 7 nitrogen and oxygen atoms in total. The van der Waals surface area contributed by atoms with E-state index >= 15 is 0 Å². The molecule has 5 heterocycles. The van der Waals surface area contributed by atoms with Gasteiger partial charge in [-0.05, 0) is 66.2 Å². The second kappa shape index (κ2) is 15.0. The van der Waals surface area contributed by atoms with Gasteiger partial charge in [-0.1, -0.05) is 164 Å². The Kier molecular flexibility index (Phi) is 8.23. The molecule has 15 rings (SSSR count). The number of benzene rings is 10. The molecule has 0 fully saturated rings. The minimum absolute atomic E-state index is 0.549. The number of nitrogens with zero attached hydrogens (tertiary/aromatic N) is 5. The van der Waals surface area contributed by atoms with Crippen molar-refractivity contribution in [3.05, 3.63) is 224 Å². The largest absolute Gasteiger partial charge is 0.455 e. The zero-order chi connectivity index (χ0) is 45.9. The van der Waals surface area contributed by atoms with Crippen LogP contribution in [0.3, 0.4) is 0 Å². The van der Waals surface area contributed by atoms with Gasteiger partial charge < -0.3 is 18.0 Å². The average molecular weight is 896 g/mol. The molecular formula is C63H37N5O2. The second-order valence-corrected chi connectivity index (χ2v) is 17.9. The Bertz CT molecular complexity index is 4540. The molecule has 0 atom stereocenters. The van der Waals surface area contributed by atoms with E-state index in [9.17, 15) is 0 Å². The van der Waals surface area contributed by atoms with Crippen molar-refractivity contribution in [3.8, 4) is 56.7 Å². The first kappa shape index (κ1) is 38.5. The van der Waals surface area contributed by atoms with E-state index in [1.54, 1.807) is 0 Å². The highest BCUT2D eigenvalue weighted by Crippen LogP contribution is 2.43. The number of furan rings is 2. The maximum atomic E-state index is 7.11. The van der Waals surface area contributed by atoms with Crippen LogP contribution in [0.4, 0.5) is 0 Å². The number of fused-ring (bicyclic) bond motifs is 12. The number of rotatable bonds is 6. The SMILES string of the molecule is c1ccc(-c2nc(-c3ccccc3)nc(-c3cccc4c3oc3c(-n5c6ccccc6c6cc(-n7c8ccccc8c8cc(-c9cccc%10c9oc9ccccc9%10)ccc87)ccc65)cccc34)n2)cc1. The molecule has 0 aliphatic rings. The molecule has 7 heteroatoms. The summed E-state index contributed by atoms with van der Waals surface area (Å²) >= 11 is 0. The van der Waals surface area contributed by atoms with E-state index in [2.05, 4.69) is 155 Å². The molecule has 70 heavy (non-hydrogen) atoms. The summed E-state index contributed by atoms with van der Waals surface area (Å²) in [4.78, 5) is 15.1. The monoisotopic (exact) mass is 895 g/mol. The zero-order valence-corrected chi connectivity index (χ0v) is 37.4. The average Bonchev–Trinajstić information content (AvgIpc) is 4.19. The van der Waals surface area contributed by atoms with E-state index in [-0.39, 0.29) is 0 Å². The molecule has 0 spiro atoms. The number of aromatic nitrogens is 5. The second-order valence-electron chi connectivity index (χ2n) is 17.9. The molecule has 0 aliphatic heterocycles. The molecule has 0 aliphatic carbocycles. The van der Waals surface area contributed by atoms with Crippen molar-refractivity contribution >= 4 is 87.5 Å². The van der Waals surface area contributed by atoms with Crippen LogP contribution in [0, 0.1) is 0 Å². The Hall–Kier alpha value is -9.59. The van der Waals surface area contributed by atoms with Crippen molar-refractivity contribution in [1.82, 2.24) is 24.1 Å². The van der Waals surface area contributed by atoms with Gasteiger partial charge in [0.1, 0.15) is 16.7 Å². The van der Waals surface area contributed by atoms with Crippen LogP contribution in [-0.2, 0) is 0 Å². The van der Waals surface area contributed by atoms with Gasteiger partial charge in [0.2, 0.25) is 0 Å².